The quantitative estimate of drug-likeness (QED) is 0.896. The second-order valence-electron chi connectivity index (χ2n) is 6.59. The average molecular weight is 340 g/mol. The number of anilines is 1. The molecule has 6 nitrogen and oxygen atoms in total. The predicted octanol–water partition coefficient (Wildman–Crippen LogP) is 2.84. The summed E-state index contributed by atoms with van der Waals surface area (Å²) >= 11 is 0. The fourth-order valence-corrected chi connectivity index (χ4v) is 3.80. The number of pyridine rings is 1. The molecule has 3 aliphatic heterocycles. The Bertz CT molecular complexity index is 703. The Kier molecular flexibility index (Phi) is 4.57. The van der Waals surface area contributed by atoms with Crippen LogP contribution in [0, 0.1) is 0 Å². The molecule has 2 aromatic rings. The molecule has 1 saturated carbocycles. The minimum Gasteiger partial charge on any atom is -0.497 e. The maximum atomic E-state index is 5.31. The summed E-state index contributed by atoms with van der Waals surface area (Å²) in [5.41, 5.74) is 6.23. The van der Waals surface area contributed by atoms with Crippen LogP contribution in [-0.2, 0) is 4.84 Å². The van der Waals surface area contributed by atoms with E-state index in [9.17, 15) is 0 Å². The highest BCUT2D eigenvalue weighted by molar-refractivity contribution is 5.76. The second kappa shape index (κ2) is 7.00. The van der Waals surface area contributed by atoms with Gasteiger partial charge in [-0.05, 0) is 43.0 Å². The summed E-state index contributed by atoms with van der Waals surface area (Å²) in [7, 11) is 3.57. The number of nitrogens with one attached hydrogen (secondary N) is 2. The van der Waals surface area contributed by atoms with Crippen molar-refractivity contribution in [1.82, 2.24) is 15.6 Å². The maximum Gasteiger partial charge on any atom is 0.118 e. The summed E-state index contributed by atoms with van der Waals surface area (Å²) in [6.07, 6.45) is 8.09. The van der Waals surface area contributed by atoms with E-state index in [0.29, 0.717) is 6.10 Å². The number of nitrogens with zero attached hydrogens (tertiary/aromatic N) is 2. The van der Waals surface area contributed by atoms with Gasteiger partial charge in [-0.1, -0.05) is 12.1 Å². The molecule has 0 radical (unpaired) electrons. The third-order valence-corrected chi connectivity index (χ3v) is 5.28. The van der Waals surface area contributed by atoms with Crippen LogP contribution in [0.15, 0.2) is 42.7 Å². The lowest BCUT2D eigenvalue weighted by Crippen LogP contribution is -2.61. The standard InChI is InChI=1S/C13H14N2O.C6H10N2O/c1-14-13-7-8-15-9-12(13)10-3-5-11(16-2)6-4-10;1-2-6-5-3-4(1)8(5)7-9-6/h3-9H,1-2H3,(H,14,15);4-7H,1-3H2. The zero-order valence-electron chi connectivity index (χ0n) is 14.6. The number of benzene rings is 1. The first-order valence-electron chi connectivity index (χ1n) is 8.76. The number of aromatic nitrogens is 1. The summed E-state index contributed by atoms with van der Waals surface area (Å²) in [6.45, 7) is 0. The molecule has 0 amide bonds. The van der Waals surface area contributed by atoms with E-state index in [1.165, 1.54) is 19.3 Å². The molecule has 1 aromatic heterocycles. The van der Waals surface area contributed by atoms with Crippen molar-refractivity contribution in [1.29, 1.82) is 0 Å². The number of methoxy groups -OCH3 is 1. The zero-order valence-corrected chi connectivity index (χ0v) is 14.6. The molecule has 3 saturated heterocycles. The molecule has 1 aromatic carbocycles. The van der Waals surface area contributed by atoms with E-state index in [-0.39, 0.29) is 0 Å². The Morgan fingerprint density at radius 3 is 2.72 bits per heavy atom. The number of hydrogen-bond acceptors (Lipinski definition) is 6. The van der Waals surface area contributed by atoms with Crippen LogP contribution in [0.3, 0.4) is 0 Å². The van der Waals surface area contributed by atoms with Gasteiger partial charge in [0, 0.05) is 36.7 Å². The Labute approximate surface area is 148 Å². The minimum absolute atomic E-state index is 0.509. The Morgan fingerprint density at radius 1 is 1.24 bits per heavy atom. The van der Waals surface area contributed by atoms with Crippen molar-refractivity contribution < 1.29 is 9.57 Å². The van der Waals surface area contributed by atoms with Gasteiger partial charge < -0.3 is 10.1 Å². The van der Waals surface area contributed by atoms with E-state index in [1.54, 1.807) is 13.3 Å². The Balaban J connectivity index is 0.000000144. The first-order chi connectivity index (χ1) is 12.3. The highest BCUT2D eigenvalue weighted by Gasteiger charge is 2.52. The van der Waals surface area contributed by atoms with Gasteiger partial charge in [0.05, 0.1) is 19.3 Å². The van der Waals surface area contributed by atoms with Gasteiger partial charge in [0.15, 0.2) is 0 Å². The highest BCUT2D eigenvalue weighted by Crippen LogP contribution is 2.41. The van der Waals surface area contributed by atoms with Crippen LogP contribution in [0.5, 0.6) is 5.75 Å². The van der Waals surface area contributed by atoms with Gasteiger partial charge in [0.25, 0.3) is 0 Å². The fraction of sp³-hybridized carbons (Fsp3) is 0.421. The molecule has 6 rings (SSSR count). The van der Waals surface area contributed by atoms with E-state index in [1.807, 2.05) is 43.6 Å². The van der Waals surface area contributed by atoms with Crippen molar-refractivity contribution in [2.75, 3.05) is 19.5 Å². The van der Waals surface area contributed by atoms with Crippen molar-refractivity contribution in [2.45, 2.75) is 37.5 Å². The van der Waals surface area contributed by atoms with E-state index < -0.39 is 0 Å². The SMILES string of the molecule is C1CC2CC3C1ONN23.CNc1ccncc1-c1ccc(OC)cc1. The largest absolute Gasteiger partial charge is 0.497 e. The van der Waals surface area contributed by atoms with Crippen molar-refractivity contribution in [2.24, 2.45) is 0 Å². The molecule has 1 aliphatic carbocycles. The monoisotopic (exact) mass is 340 g/mol. The number of hydrazine groups is 1. The molecular formula is C19H24N4O2. The van der Waals surface area contributed by atoms with Crippen molar-refractivity contribution in [3.8, 4) is 16.9 Å². The first kappa shape index (κ1) is 16.3. The van der Waals surface area contributed by atoms with Gasteiger partial charge in [0.2, 0.25) is 0 Å². The summed E-state index contributed by atoms with van der Waals surface area (Å²) in [5.74, 6) is 0.860. The van der Waals surface area contributed by atoms with Crippen molar-refractivity contribution in [3.63, 3.8) is 0 Å². The number of hydrogen-bond donors (Lipinski definition) is 2. The van der Waals surface area contributed by atoms with E-state index >= 15 is 0 Å². The van der Waals surface area contributed by atoms with Crippen LogP contribution >= 0.6 is 0 Å². The van der Waals surface area contributed by atoms with Crippen LogP contribution in [0.4, 0.5) is 5.69 Å². The second-order valence-corrected chi connectivity index (χ2v) is 6.59. The van der Waals surface area contributed by atoms with Gasteiger partial charge in [-0.15, -0.1) is 5.59 Å². The molecular weight excluding hydrogens is 316 g/mol. The molecule has 4 atom stereocenters. The van der Waals surface area contributed by atoms with Gasteiger partial charge in [-0.3, -0.25) is 9.82 Å². The summed E-state index contributed by atoms with van der Waals surface area (Å²) in [5, 5.41) is 5.41. The molecule has 4 bridgehead atoms. The topological polar surface area (TPSA) is 58.7 Å². The molecule has 4 fully saturated rings. The molecule has 4 unspecified atom stereocenters. The average Bonchev–Trinajstić information content (AvgIpc) is 2.90. The van der Waals surface area contributed by atoms with Crippen LogP contribution in [0.1, 0.15) is 19.3 Å². The first-order valence-corrected chi connectivity index (χ1v) is 8.76. The molecule has 4 heterocycles. The smallest absolute Gasteiger partial charge is 0.118 e. The summed E-state index contributed by atoms with van der Waals surface area (Å²) in [4.78, 5) is 9.45. The van der Waals surface area contributed by atoms with Gasteiger partial charge in [-0.2, -0.15) is 0 Å². The number of rotatable bonds is 3. The Morgan fingerprint density at radius 2 is 2.08 bits per heavy atom. The van der Waals surface area contributed by atoms with Crippen LogP contribution < -0.4 is 15.6 Å². The normalized spacial score (nSPS) is 28.4. The molecule has 2 N–H and O–H groups in total. The number of piperidine rings is 1. The Hall–Kier alpha value is -2.15. The van der Waals surface area contributed by atoms with Gasteiger partial charge >= 0.3 is 0 Å². The maximum absolute atomic E-state index is 5.31. The zero-order chi connectivity index (χ0) is 17.2. The third-order valence-electron chi connectivity index (χ3n) is 5.28. The minimum atomic E-state index is 0.509. The lowest BCUT2D eigenvalue weighted by molar-refractivity contribution is -0.0500. The fourth-order valence-electron chi connectivity index (χ4n) is 3.80. The van der Waals surface area contributed by atoms with Gasteiger partial charge in [0.1, 0.15) is 5.75 Å². The van der Waals surface area contributed by atoms with Crippen LogP contribution in [0.2, 0.25) is 0 Å². The van der Waals surface area contributed by atoms with Crippen molar-refractivity contribution >= 4 is 5.69 Å². The molecule has 25 heavy (non-hydrogen) atoms. The molecule has 0 spiro atoms. The lowest BCUT2D eigenvalue weighted by Gasteiger charge is -2.47. The number of fused-ring (bicyclic) bond motifs is 1. The third kappa shape index (κ3) is 3.08. The highest BCUT2D eigenvalue weighted by atomic mass is 16.7. The van der Waals surface area contributed by atoms with Crippen LogP contribution in [0.25, 0.3) is 11.1 Å². The molecule has 6 heteroatoms. The van der Waals surface area contributed by atoms with E-state index in [2.05, 4.69) is 20.9 Å². The van der Waals surface area contributed by atoms with Crippen LogP contribution in [-0.4, -0.2) is 42.3 Å². The van der Waals surface area contributed by atoms with E-state index in [0.717, 1.165) is 34.6 Å². The number of ether oxygens (including phenoxy) is 1. The molecule has 4 aliphatic rings. The van der Waals surface area contributed by atoms with Gasteiger partial charge in [-0.25, -0.2) is 5.01 Å². The predicted molar refractivity (Wildman–Crippen MR) is 97.0 cm³/mol. The van der Waals surface area contributed by atoms with Crippen molar-refractivity contribution in [3.05, 3.63) is 42.7 Å². The summed E-state index contributed by atoms with van der Waals surface area (Å²) in [6, 6.07) is 11.4. The van der Waals surface area contributed by atoms with E-state index in [4.69, 9.17) is 9.57 Å². The lowest BCUT2D eigenvalue weighted by atomic mass is 9.80. The molecule has 132 valence electrons. The summed E-state index contributed by atoms with van der Waals surface area (Å²) < 4.78 is 5.13.